The summed E-state index contributed by atoms with van der Waals surface area (Å²) < 4.78 is 51.5. The number of esters is 9. The Labute approximate surface area is 904 Å². The van der Waals surface area contributed by atoms with Crippen LogP contribution in [0.1, 0.15) is 471 Å². The highest BCUT2D eigenvalue weighted by Crippen LogP contribution is 2.64. The highest BCUT2D eigenvalue weighted by atomic mass is 16.6. The fraction of sp³-hybridized carbons (Fsp3) is 0.836. The molecule has 15 rings (SSSR count). The minimum Gasteiger partial charge on any atom is -0.465 e. The van der Waals surface area contributed by atoms with Crippen molar-refractivity contribution in [1.29, 1.82) is 0 Å². The van der Waals surface area contributed by atoms with Crippen molar-refractivity contribution in [2.75, 3.05) is 118 Å². The van der Waals surface area contributed by atoms with Crippen molar-refractivity contribution in [3.8, 4) is 0 Å². The number of ether oxygens (including phenoxy) is 9. The number of carbonyl (C=O) groups is 9. The van der Waals surface area contributed by atoms with Crippen LogP contribution in [0.25, 0.3) is 0 Å². The zero-order chi connectivity index (χ0) is 105. The van der Waals surface area contributed by atoms with Crippen LogP contribution in [0, 0.1) is 93.2 Å². The number of hydrogen-bond acceptors (Lipinski definition) is 21. The number of hydrogen-bond donors (Lipinski definition) is 0. The first-order chi connectivity index (χ1) is 72.7. The van der Waals surface area contributed by atoms with Gasteiger partial charge in [0.15, 0.2) is 0 Å². The Balaban J connectivity index is 0.000000228. The highest BCUT2D eigenvalue weighted by molar-refractivity contribution is 5.74. The van der Waals surface area contributed by atoms with Crippen molar-refractivity contribution < 1.29 is 85.8 Å². The van der Waals surface area contributed by atoms with E-state index in [1.165, 1.54) is 270 Å². The predicted octanol–water partition coefficient (Wildman–Crippen LogP) is 29.2. The summed E-state index contributed by atoms with van der Waals surface area (Å²) >= 11 is 0. The third kappa shape index (κ3) is 52.3. The number of carbonyl (C=O) groups excluding carboxylic acids is 9. The molecule has 846 valence electrons. The van der Waals surface area contributed by atoms with E-state index < -0.39 is 0 Å². The number of nitrogens with zero attached hydrogens (tertiary/aromatic N) is 3. The first kappa shape index (κ1) is 124. The van der Waals surface area contributed by atoms with E-state index in [0.29, 0.717) is 57.9 Å². The van der Waals surface area contributed by atoms with Crippen molar-refractivity contribution in [3.05, 3.63) is 72.9 Å². The lowest BCUT2D eigenvalue weighted by Gasteiger charge is -2.56. The van der Waals surface area contributed by atoms with Crippen molar-refractivity contribution in [1.82, 2.24) is 14.7 Å². The topological polar surface area (TPSA) is 246 Å². The van der Waals surface area contributed by atoms with E-state index >= 15 is 0 Å². The van der Waals surface area contributed by atoms with Crippen molar-refractivity contribution in [2.45, 2.75) is 471 Å². The summed E-state index contributed by atoms with van der Waals surface area (Å²) in [6.45, 7) is 18.7. The summed E-state index contributed by atoms with van der Waals surface area (Å²) in [6, 6.07) is 0. The molecule has 21 nitrogen and oxygen atoms in total. The maximum absolute atomic E-state index is 13.2. The zero-order valence-electron chi connectivity index (χ0n) is 94.6. The van der Waals surface area contributed by atoms with Crippen LogP contribution >= 0.6 is 0 Å². The van der Waals surface area contributed by atoms with Gasteiger partial charge in [0.25, 0.3) is 0 Å². The van der Waals surface area contributed by atoms with Gasteiger partial charge in [-0.25, -0.2) is 0 Å². The molecule has 0 aromatic carbocycles. The molecule has 0 amide bonds. The lowest BCUT2D eigenvalue weighted by Crippen LogP contribution is -2.47. The molecular formula is C128H211N3O18. The number of unbranched alkanes of at least 4 members (excludes halogenated alkanes) is 24. The lowest BCUT2D eigenvalue weighted by atomic mass is 9.49. The average molecular weight is 2080 g/mol. The summed E-state index contributed by atoms with van der Waals surface area (Å²) in [7, 11) is 0. The monoisotopic (exact) mass is 2080 g/mol. The van der Waals surface area contributed by atoms with E-state index in [1.807, 2.05) is 0 Å². The standard InChI is InChI=1S/2C43H71NO6.C42H69NO6/c1-3-5-6-7-8-9-10-11-12-13-14-15-16-17-18-19-40(45)48-32-38(34-50-42(47)39-20-23-44(22-4-2)24-21-39)33-49-41(46)31-43-28-35-25-36(29-43)27-37(26-35)30-43;1-2-3-4-5-6-7-8-9-10-11-12-13-14-15-17-21-40(45)48-33-39(34-49-41(46)22-20-25-44-23-18-16-19-24-44)35-50-42(47)32-43-29-36-26-37(30-43)28-38(27-36)31-43;1-2-3-4-5-6-7-8-9-10-11-12-13-14-15-17-20-39(44)47-32-38(33-48-40(45)21-24-43-22-18-16-19-23-43)34-49-41(46)31-42-28-35-25-36(29-42)27-37(26-35)30-42/h8-9,11-12,35-39H,3-7,10,13-34H2,1-2H3;6-7,9-10,36-39H,2-5,8,11-35H2,1H3;6-7,9-10,35-38H,2-5,8,11-34H2,1H3/b9-8-,12-11-;2*7-6-,10-9-. The molecule has 0 spiro atoms. The Bertz CT molecular complexity index is 3810. The van der Waals surface area contributed by atoms with E-state index in [2.05, 4.69) is 115 Å². The molecule has 0 aromatic rings. The van der Waals surface area contributed by atoms with E-state index in [-0.39, 0.29) is 153 Å². The molecule has 15 aliphatic rings. The van der Waals surface area contributed by atoms with Gasteiger partial charge >= 0.3 is 53.7 Å². The van der Waals surface area contributed by atoms with Crippen LogP contribution in [0.2, 0.25) is 0 Å². The minimum atomic E-state index is -0.354. The van der Waals surface area contributed by atoms with Crippen LogP contribution in [0.4, 0.5) is 0 Å². The SMILES string of the molecule is CCCCC/C=C\C/C=C\CCCCCCCC(=O)OCC(COC(=O)CC12CC3CC(CC(C3)C1)C2)COC(=O)C1CCN(CCC)CC1.CCCCC/C=C\C/C=C\CCCCCCCC(=O)OCC(COC(=O)CCCN1CCCCC1)COC(=O)CC12CC3CC(CC(C3)C1)C2.CCCCC/C=C\C/C=C\CCCCCCCC(=O)OCC(COC(=O)CCN1CCCCC1)COC(=O)CC12CC3CC(CC(C3)C1)C2. The van der Waals surface area contributed by atoms with Gasteiger partial charge in [0.1, 0.15) is 59.5 Å². The summed E-state index contributed by atoms with van der Waals surface area (Å²) in [5.41, 5.74) is 0.362. The number of allylic oxidation sites excluding steroid dienone is 12. The van der Waals surface area contributed by atoms with Crippen LogP contribution < -0.4 is 0 Å². The number of piperidine rings is 3. The third-order valence-corrected chi connectivity index (χ3v) is 35.2. The first-order valence-electron chi connectivity index (χ1n) is 62.2. The molecule has 0 aromatic heterocycles. The van der Waals surface area contributed by atoms with Crippen LogP contribution in [0.15, 0.2) is 72.9 Å². The highest BCUT2D eigenvalue weighted by Gasteiger charge is 2.55. The van der Waals surface area contributed by atoms with Gasteiger partial charge in [-0.3, -0.25) is 43.2 Å². The predicted molar refractivity (Wildman–Crippen MR) is 597 cm³/mol. The quantitative estimate of drug-likeness (QED) is 0.0238. The van der Waals surface area contributed by atoms with Crippen molar-refractivity contribution >= 4 is 53.7 Å². The molecule has 12 saturated carbocycles. The Morgan fingerprint density at radius 2 is 0.470 bits per heavy atom. The van der Waals surface area contributed by atoms with Gasteiger partial charge in [0.2, 0.25) is 0 Å². The van der Waals surface area contributed by atoms with Gasteiger partial charge in [0.05, 0.1) is 49.4 Å². The summed E-state index contributed by atoms with van der Waals surface area (Å²) in [5.74, 6) is 4.13. The summed E-state index contributed by atoms with van der Waals surface area (Å²) in [6.07, 6.45) is 102. The van der Waals surface area contributed by atoms with Gasteiger partial charge in [0, 0.05) is 32.2 Å². The van der Waals surface area contributed by atoms with E-state index in [0.717, 1.165) is 228 Å². The van der Waals surface area contributed by atoms with E-state index in [4.69, 9.17) is 42.6 Å². The number of likely N-dealkylation sites (tertiary alicyclic amines) is 3. The van der Waals surface area contributed by atoms with Crippen LogP contribution in [-0.4, -0.2) is 187 Å². The van der Waals surface area contributed by atoms with E-state index in [1.54, 1.807) is 0 Å². The van der Waals surface area contributed by atoms with Crippen LogP contribution in [0.5, 0.6) is 0 Å². The van der Waals surface area contributed by atoms with Gasteiger partial charge in [-0.1, -0.05) is 210 Å². The molecule has 21 heteroatoms. The summed E-state index contributed by atoms with van der Waals surface area (Å²) in [5, 5.41) is 0. The zero-order valence-corrected chi connectivity index (χ0v) is 94.6. The Morgan fingerprint density at radius 3 is 0.752 bits per heavy atom. The third-order valence-electron chi connectivity index (χ3n) is 35.2. The molecule has 15 fully saturated rings. The summed E-state index contributed by atoms with van der Waals surface area (Å²) in [4.78, 5) is 123. The molecule has 3 aliphatic heterocycles. The second-order valence-corrected chi connectivity index (χ2v) is 49.2. The molecule has 3 heterocycles. The normalized spacial score (nSPS) is 25.6. The lowest BCUT2D eigenvalue weighted by molar-refractivity contribution is -0.161. The second kappa shape index (κ2) is 73.9. The smallest absolute Gasteiger partial charge is 0.309 e. The largest absolute Gasteiger partial charge is 0.465 e. The van der Waals surface area contributed by atoms with Gasteiger partial charge in [-0.05, 0) is 404 Å². The maximum atomic E-state index is 13.2. The molecule has 3 atom stereocenters. The molecular weight excluding hydrogens is 1870 g/mol. The Kier molecular flexibility index (Phi) is 61.7. The van der Waals surface area contributed by atoms with Crippen molar-refractivity contribution in [2.24, 2.45) is 93.2 Å². The molecule has 12 aliphatic carbocycles. The van der Waals surface area contributed by atoms with Gasteiger partial charge in [-0.2, -0.15) is 0 Å². The van der Waals surface area contributed by atoms with Crippen LogP contribution in [0.3, 0.4) is 0 Å². The van der Waals surface area contributed by atoms with Crippen LogP contribution in [-0.2, 0) is 85.8 Å². The maximum Gasteiger partial charge on any atom is 0.309 e. The molecule has 12 bridgehead atoms. The Morgan fingerprint density at radius 1 is 0.235 bits per heavy atom. The van der Waals surface area contributed by atoms with E-state index in [9.17, 15) is 43.2 Å². The molecule has 0 radical (unpaired) electrons. The first-order valence-corrected chi connectivity index (χ1v) is 62.2. The number of rotatable bonds is 76. The van der Waals surface area contributed by atoms with Crippen molar-refractivity contribution in [3.63, 3.8) is 0 Å². The van der Waals surface area contributed by atoms with Gasteiger partial charge in [-0.15, -0.1) is 0 Å². The fourth-order valence-electron chi connectivity index (χ4n) is 28.4. The average Bonchev–Trinajstić information content (AvgIpc) is 0.758. The minimum absolute atomic E-state index is 0.0942. The van der Waals surface area contributed by atoms with Gasteiger partial charge < -0.3 is 57.3 Å². The Hall–Kier alpha value is -6.45. The molecule has 0 N–H and O–H groups in total. The molecule has 3 saturated heterocycles. The molecule has 3 unspecified atom stereocenters. The molecule has 149 heavy (non-hydrogen) atoms. The fourth-order valence-corrected chi connectivity index (χ4v) is 28.4. The second-order valence-electron chi connectivity index (χ2n) is 49.2.